The van der Waals surface area contributed by atoms with E-state index in [1.165, 1.54) is 4.88 Å². The Morgan fingerprint density at radius 3 is 3.00 bits per heavy atom. The topological polar surface area (TPSA) is 38.1 Å². The van der Waals surface area contributed by atoms with E-state index in [1.807, 2.05) is 18.4 Å². The Hall–Kier alpha value is -1.59. The number of furan rings is 1. The molecule has 0 atom stereocenters. The van der Waals surface area contributed by atoms with Crippen LogP contribution < -0.4 is 5.32 Å². The van der Waals surface area contributed by atoms with E-state index in [9.17, 15) is 4.39 Å². The van der Waals surface area contributed by atoms with Crippen LogP contribution in [0.1, 0.15) is 29.0 Å². The minimum Gasteiger partial charge on any atom is -0.457 e. The molecule has 0 aliphatic rings. The standard InChI is InChI=1S/C17H18ClFN2OS/c1-11-14(6-2-3-7-19)22-17-13(9-15(18)21-16(11)17)20-10-12-5-4-8-23-12/h4-5,8-9H,2-3,6-7,10H2,1H3,(H,20,21). The number of rotatable bonds is 7. The molecule has 0 aromatic carbocycles. The van der Waals surface area contributed by atoms with E-state index in [2.05, 4.69) is 16.4 Å². The van der Waals surface area contributed by atoms with Crippen molar-refractivity contribution in [3.05, 3.63) is 44.9 Å². The van der Waals surface area contributed by atoms with Crippen molar-refractivity contribution in [1.29, 1.82) is 0 Å². The third-order valence-corrected chi connectivity index (χ3v) is 4.83. The number of nitrogens with zero attached hydrogens (tertiary/aromatic N) is 1. The van der Waals surface area contributed by atoms with Gasteiger partial charge in [-0.25, -0.2) is 4.98 Å². The summed E-state index contributed by atoms with van der Waals surface area (Å²) < 4.78 is 18.3. The molecule has 0 saturated carbocycles. The summed E-state index contributed by atoms with van der Waals surface area (Å²) >= 11 is 7.85. The quantitative estimate of drug-likeness (QED) is 0.434. The third-order valence-electron chi connectivity index (χ3n) is 3.76. The van der Waals surface area contributed by atoms with Crippen molar-refractivity contribution in [3.8, 4) is 0 Å². The molecule has 0 fully saturated rings. The van der Waals surface area contributed by atoms with Crippen LogP contribution in [0.25, 0.3) is 11.1 Å². The van der Waals surface area contributed by atoms with Gasteiger partial charge in [-0.15, -0.1) is 11.3 Å². The van der Waals surface area contributed by atoms with Crippen molar-refractivity contribution in [3.63, 3.8) is 0 Å². The summed E-state index contributed by atoms with van der Waals surface area (Å²) in [5.74, 6) is 0.863. The Kier molecular flexibility index (Phi) is 5.18. The first-order valence-electron chi connectivity index (χ1n) is 7.59. The zero-order chi connectivity index (χ0) is 16.2. The SMILES string of the molecule is Cc1c(CCCCF)oc2c(NCc3cccs3)cc(Cl)nc12. The van der Waals surface area contributed by atoms with E-state index in [0.29, 0.717) is 24.5 Å². The fraction of sp³-hybridized carbons (Fsp3) is 0.353. The summed E-state index contributed by atoms with van der Waals surface area (Å²) in [6.07, 6.45) is 2.03. The first-order chi connectivity index (χ1) is 11.2. The highest BCUT2D eigenvalue weighted by Gasteiger charge is 2.16. The Balaban J connectivity index is 1.89. The second-order valence-electron chi connectivity index (χ2n) is 5.40. The largest absolute Gasteiger partial charge is 0.457 e. The van der Waals surface area contributed by atoms with Gasteiger partial charge in [0.2, 0.25) is 0 Å². The Morgan fingerprint density at radius 2 is 2.26 bits per heavy atom. The normalized spacial score (nSPS) is 11.3. The van der Waals surface area contributed by atoms with Gasteiger partial charge < -0.3 is 9.73 Å². The van der Waals surface area contributed by atoms with Gasteiger partial charge in [0.15, 0.2) is 5.58 Å². The highest BCUT2D eigenvalue weighted by molar-refractivity contribution is 7.09. The van der Waals surface area contributed by atoms with E-state index in [4.69, 9.17) is 16.0 Å². The smallest absolute Gasteiger partial charge is 0.176 e. The molecule has 3 rings (SSSR count). The molecule has 3 aromatic rings. The number of aryl methyl sites for hydroxylation is 2. The van der Waals surface area contributed by atoms with E-state index in [-0.39, 0.29) is 6.67 Å². The summed E-state index contributed by atoms with van der Waals surface area (Å²) in [6, 6.07) is 5.88. The molecule has 3 heterocycles. The molecule has 3 aromatic heterocycles. The number of alkyl halides is 1. The molecule has 122 valence electrons. The maximum absolute atomic E-state index is 12.3. The minimum atomic E-state index is -0.295. The molecule has 0 unspecified atom stereocenters. The lowest BCUT2D eigenvalue weighted by molar-refractivity contribution is 0.449. The zero-order valence-electron chi connectivity index (χ0n) is 12.9. The third kappa shape index (κ3) is 3.67. The lowest BCUT2D eigenvalue weighted by Gasteiger charge is -2.06. The molecule has 0 aliphatic heterocycles. The molecular formula is C17H18ClFN2OS. The lowest BCUT2D eigenvalue weighted by Crippen LogP contribution is -1.98. The van der Waals surface area contributed by atoms with Crippen LogP contribution in [-0.2, 0) is 13.0 Å². The first-order valence-corrected chi connectivity index (χ1v) is 8.85. The molecule has 0 aliphatic carbocycles. The van der Waals surface area contributed by atoms with Gasteiger partial charge in [0.05, 0.1) is 12.4 Å². The average Bonchev–Trinajstić information content (AvgIpc) is 3.15. The predicted molar refractivity (Wildman–Crippen MR) is 94.3 cm³/mol. The van der Waals surface area contributed by atoms with Crippen molar-refractivity contribution >= 4 is 39.7 Å². The van der Waals surface area contributed by atoms with Gasteiger partial charge in [-0.3, -0.25) is 4.39 Å². The fourth-order valence-corrected chi connectivity index (χ4v) is 3.37. The number of hydrogen-bond acceptors (Lipinski definition) is 4. The zero-order valence-corrected chi connectivity index (χ0v) is 14.4. The number of anilines is 1. The van der Waals surface area contributed by atoms with Crippen molar-refractivity contribution in [2.45, 2.75) is 32.7 Å². The second kappa shape index (κ2) is 7.32. The molecule has 23 heavy (non-hydrogen) atoms. The van der Waals surface area contributed by atoms with Crippen molar-refractivity contribution in [2.24, 2.45) is 0 Å². The Bertz CT molecular complexity index is 786. The first kappa shape index (κ1) is 16.3. The lowest BCUT2D eigenvalue weighted by atomic mass is 10.1. The van der Waals surface area contributed by atoms with Crippen LogP contribution in [0.2, 0.25) is 5.15 Å². The summed E-state index contributed by atoms with van der Waals surface area (Å²) in [5.41, 5.74) is 3.33. The summed E-state index contributed by atoms with van der Waals surface area (Å²) in [4.78, 5) is 5.62. The monoisotopic (exact) mass is 352 g/mol. The van der Waals surface area contributed by atoms with Crippen molar-refractivity contribution < 1.29 is 8.81 Å². The molecule has 0 bridgehead atoms. The molecule has 0 spiro atoms. The Morgan fingerprint density at radius 1 is 1.39 bits per heavy atom. The van der Waals surface area contributed by atoms with Crippen LogP contribution in [0.5, 0.6) is 0 Å². The molecule has 3 nitrogen and oxygen atoms in total. The number of fused-ring (bicyclic) bond motifs is 1. The van der Waals surface area contributed by atoms with Gasteiger partial charge >= 0.3 is 0 Å². The number of thiophene rings is 1. The number of hydrogen-bond donors (Lipinski definition) is 1. The maximum Gasteiger partial charge on any atom is 0.176 e. The van der Waals surface area contributed by atoms with Crippen molar-refractivity contribution in [2.75, 3.05) is 12.0 Å². The number of pyridine rings is 1. The van der Waals surface area contributed by atoms with Gasteiger partial charge in [-0.1, -0.05) is 17.7 Å². The van der Waals surface area contributed by atoms with Crippen LogP contribution in [-0.4, -0.2) is 11.7 Å². The molecule has 0 radical (unpaired) electrons. The summed E-state index contributed by atoms with van der Waals surface area (Å²) in [5, 5.41) is 5.85. The molecular weight excluding hydrogens is 335 g/mol. The van der Waals surface area contributed by atoms with E-state index in [0.717, 1.165) is 34.5 Å². The van der Waals surface area contributed by atoms with Gasteiger partial charge in [0, 0.05) is 29.5 Å². The summed E-state index contributed by atoms with van der Waals surface area (Å²) in [7, 11) is 0. The van der Waals surface area contributed by atoms with Gasteiger partial charge in [-0.05, 0) is 31.2 Å². The minimum absolute atomic E-state index is 0.295. The van der Waals surface area contributed by atoms with E-state index in [1.54, 1.807) is 17.4 Å². The number of unbranched alkanes of at least 4 members (excludes halogenated alkanes) is 1. The van der Waals surface area contributed by atoms with Crippen LogP contribution in [0, 0.1) is 6.92 Å². The van der Waals surface area contributed by atoms with Gasteiger partial charge in [-0.2, -0.15) is 0 Å². The average molecular weight is 353 g/mol. The highest BCUT2D eigenvalue weighted by Crippen LogP contribution is 2.33. The van der Waals surface area contributed by atoms with Gasteiger partial charge in [0.1, 0.15) is 16.4 Å². The number of nitrogens with one attached hydrogen (secondary N) is 1. The molecule has 0 amide bonds. The predicted octanol–water partition coefficient (Wildman–Crippen LogP) is 5.76. The fourth-order valence-electron chi connectivity index (χ4n) is 2.54. The van der Waals surface area contributed by atoms with E-state index < -0.39 is 0 Å². The van der Waals surface area contributed by atoms with Crippen LogP contribution in [0.4, 0.5) is 10.1 Å². The Labute approximate surface area is 143 Å². The maximum atomic E-state index is 12.3. The second-order valence-corrected chi connectivity index (χ2v) is 6.82. The van der Waals surface area contributed by atoms with E-state index >= 15 is 0 Å². The number of halogens is 2. The molecule has 6 heteroatoms. The van der Waals surface area contributed by atoms with Crippen LogP contribution >= 0.6 is 22.9 Å². The van der Waals surface area contributed by atoms with Crippen LogP contribution in [0.3, 0.4) is 0 Å². The molecule has 1 N–H and O–H groups in total. The number of aromatic nitrogens is 1. The van der Waals surface area contributed by atoms with Crippen LogP contribution in [0.15, 0.2) is 28.0 Å². The van der Waals surface area contributed by atoms with Gasteiger partial charge in [0.25, 0.3) is 0 Å². The summed E-state index contributed by atoms with van der Waals surface area (Å²) in [6.45, 7) is 2.39. The van der Waals surface area contributed by atoms with Crippen molar-refractivity contribution in [1.82, 2.24) is 4.98 Å². The highest BCUT2D eigenvalue weighted by atomic mass is 35.5. The molecule has 0 saturated heterocycles.